The Kier molecular flexibility index (Phi) is 41.8. The van der Waals surface area contributed by atoms with E-state index in [4.69, 9.17) is 10.2 Å². The largest absolute Gasteiger partial charge is 2.00 e. The van der Waals surface area contributed by atoms with Gasteiger partial charge < -0.3 is 20.4 Å². The van der Waals surface area contributed by atoms with Crippen molar-refractivity contribution in [2.45, 2.75) is 27.7 Å². The number of rotatable bonds is 2. The SMILES string of the molecule is CC(=O)/C=C(/C)[O-].CC(=O)/C=C(/C)[O-].CO.CO.[Ti+2]. The fourth-order valence-electron chi connectivity index (χ4n) is 0.572. The molecule has 0 amide bonds. The molecule has 0 rings (SSSR count). The molecule has 0 spiro atoms. The molecule has 0 aliphatic rings. The van der Waals surface area contributed by atoms with Crippen molar-refractivity contribution in [3.8, 4) is 0 Å². The minimum absolute atomic E-state index is 0. The predicted octanol–water partition coefficient (Wildman–Crippen LogP) is -1.11. The van der Waals surface area contributed by atoms with E-state index in [0.29, 0.717) is 0 Å². The molecule has 7 heteroatoms. The van der Waals surface area contributed by atoms with Crippen LogP contribution in [0.2, 0.25) is 0 Å². The minimum atomic E-state index is -0.187. The molecule has 0 aliphatic heterocycles. The molecule has 0 unspecified atom stereocenters. The van der Waals surface area contributed by atoms with Crippen molar-refractivity contribution in [2.24, 2.45) is 0 Å². The molecule has 0 radical (unpaired) electrons. The molecule has 0 fully saturated rings. The third-order valence-electron chi connectivity index (χ3n) is 0.813. The van der Waals surface area contributed by atoms with E-state index in [9.17, 15) is 19.8 Å². The monoisotopic (exact) mass is 310 g/mol. The molecule has 0 heterocycles. The number of ketones is 2. The van der Waals surface area contributed by atoms with E-state index in [0.717, 1.165) is 26.4 Å². The van der Waals surface area contributed by atoms with Crippen LogP contribution in [0.4, 0.5) is 0 Å². The zero-order chi connectivity index (χ0) is 15.7. The summed E-state index contributed by atoms with van der Waals surface area (Å²) in [6.45, 7) is 5.39. The van der Waals surface area contributed by atoms with Crippen LogP contribution >= 0.6 is 0 Å². The van der Waals surface area contributed by atoms with E-state index in [1.54, 1.807) is 0 Å². The summed E-state index contributed by atoms with van der Waals surface area (Å²) >= 11 is 0. The van der Waals surface area contributed by atoms with E-state index >= 15 is 0 Å². The van der Waals surface area contributed by atoms with E-state index in [-0.39, 0.29) is 44.8 Å². The van der Waals surface area contributed by atoms with Gasteiger partial charge in [-0.25, -0.2) is 0 Å². The van der Waals surface area contributed by atoms with Crippen LogP contribution in [0.1, 0.15) is 27.7 Å². The molecule has 2 N–H and O–H groups in total. The van der Waals surface area contributed by atoms with Crippen molar-refractivity contribution < 1.29 is 51.7 Å². The Morgan fingerprint density at radius 2 is 0.895 bits per heavy atom. The Balaban J connectivity index is -0.0000000522. The quantitative estimate of drug-likeness (QED) is 0.379. The van der Waals surface area contributed by atoms with Crippen LogP contribution in [0.25, 0.3) is 0 Å². The normalized spacial score (nSPS) is 9.05. The summed E-state index contributed by atoms with van der Waals surface area (Å²) in [4.78, 5) is 20.0. The summed E-state index contributed by atoms with van der Waals surface area (Å²) < 4.78 is 0. The van der Waals surface area contributed by atoms with Gasteiger partial charge in [0.15, 0.2) is 11.6 Å². The molecule has 0 bridgehead atoms. The number of hydrogen-bond donors (Lipinski definition) is 2. The zero-order valence-electron chi connectivity index (χ0n) is 12.2. The molecule has 0 aliphatic carbocycles. The summed E-state index contributed by atoms with van der Waals surface area (Å²) in [6, 6.07) is 0. The maximum Gasteiger partial charge on any atom is 2.00 e. The van der Waals surface area contributed by atoms with Crippen LogP contribution in [0.3, 0.4) is 0 Å². The Morgan fingerprint density at radius 3 is 0.895 bits per heavy atom. The van der Waals surface area contributed by atoms with Gasteiger partial charge in [0, 0.05) is 14.2 Å². The van der Waals surface area contributed by atoms with Gasteiger partial charge in [0.05, 0.1) is 0 Å². The van der Waals surface area contributed by atoms with Crippen molar-refractivity contribution in [1.29, 1.82) is 0 Å². The van der Waals surface area contributed by atoms with E-state index in [1.165, 1.54) is 27.7 Å². The smallest absolute Gasteiger partial charge is 0.876 e. The fraction of sp³-hybridized carbons (Fsp3) is 0.500. The van der Waals surface area contributed by atoms with Gasteiger partial charge >= 0.3 is 21.7 Å². The summed E-state index contributed by atoms with van der Waals surface area (Å²) in [5.74, 6) is -0.750. The van der Waals surface area contributed by atoms with Crippen LogP contribution in [0.15, 0.2) is 23.7 Å². The summed E-state index contributed by atoms with van der Waals surface area (Å²) in [7, 11) is 2.00. The second-order valence-corrected chi connectivity index (χ2v) is 2.73. The van der Waals surface area contributed by atoms with E-state index < -0.39 is 0 Å². The summed E-state index contributed by atoms with van der Waals surface area (Å²) in [6.07, 6.45) is 2.11. The molecular weight excluding hydrogens is 288 g/mol. The van der Waals surface area contributed by atoms with Crippen LogP contribution in [0, 0.1) is 0 Å². The summed E-state index contributed by atoms with van der Waals surface area (Å²) in [5, 5.41) is 34.0. The van der Waals surface area contributed by atoms with Crippen molar-refractivity contribution in [2.75, 3.05) is 14.2 Å². The van der Waals surface area contributed by atoms with Crippen molar-refractivity contribution >= 4 is 11.6 Å². The van der Waals surface area contributed by atoms with Gasteiger partial charge in [0.1, 0.15) is 0 Å². The number of hydrogen-bond acceptors (Lipinski definition) is 6. The molecule has 0 aromatic carbocycles. The average Bonchev–Trinajstić information content (AvgIpc) is 2.20. The molecule has 0 aromatic heterocycles. The topological polar surface area (TPSA) is 121 Å². The van der Waals surface area contributed by atoms with Gasteiger partial charge in [-0.2, -0.15) is 0 Å². The third-order valence-corrected chi connectivity index (χ3v) is 0.813. The Labute approximate surface area is 129 Å². The van der Waals surface area contributed by atoms with E-state index in [2.05, 4.69) is 0 Å². The molecule has 0 atom stereocenters. The standard InChI is InChI=1S/2C5H8O2.2CH4O.Ti/c2*1-4(6)3-5(2)7;2*1-2;/h2*3,6H,1-2H3;2*2H,1H3;/q;;;;+2/p-2/b2*4-3-;;;. The van der Waals surface area contributed by atoms with Gasteiger partial charge in [-0.05, 0) is 26.0 Å². The molecule has 0 aromatic rings. The van der Waals surface area contributed by atoms with Crippen LogP contribution in [-0.4, -0.2) is 36.0 Å². The maximum atomic E-state index is 9.98. The zero-order valence-corrected chi connectivity index (χ0v) is 13.7. The number of aliphatic hydroxyl groups is 2. The van der Waals surface area contributed by atoms with Gasteiger partial charge in [-0.3, -0.25) is 9.59 Å². The first-order valence-corrected chi connectivity index (χ1v) is 4.87. The second kappa shape index (κ2) is 25.8. The minimum Gasteiger partial charge on any atom is -0.876 e. The summed E-state index contributed by atoms with van der Waals surface area (Å²) in [5.41, 5.74) is 0. The first kappa shape index (κ1) is 30.8. The number of aliphatic hydroxyl groups excluding tert-OH is 2. The predicted molar refractivity (Wildman–Crippen MR) is 65.2 cm³/mol. The second-order valence-electron chi connectivity index (χ2n) is 2.73. The van der Waals surface area contributed by atoms with Gasteiger partial charge in [0.25, 0.3) is 0 Å². The molecule has 6 nitrogen and oxygen atoms in total. The number of allylic oxidation sites excluding steroid dienone is 4. The third kappa shape index (κ3) is 77.7. The fourth-order valence-corrected chi connectivity index (χ4v) is 0.572. The molecular formula is C12H22O6Ti. The average molecular weight is 310 g/mol. The van der Waals surface area contributed by atoms with Crippen LogP contribution in [-0.2, 0) is 31.3 Å². The Hall–Kier alpha value is -0.946. The number of carbonyl (C=O) groups excluding carboxylic acids is 2. The van der Waals surface area contributed by atoms with Gasteiger partial charge in [0.2, 0.25) is 0 Å². The molecule has 19 heavy (non-hydrogen) atoms. The molecule has 0 saturated carbocycles. The van der Waals surface area contributed by atoms with Crippen molar-refractivity contribution in [1.82, 2.24) is 0 Å². The Morgan fingerprint density at radius 1 is 0.737 bits per heavy atom. The molecule has 110 valence electrons. The first-order chi connectivity index (χ1) is 8.25. The van der Waals surface area contributed by atoms with Crippen LogP contribution < -0.4 is 10.2 Å². The van der Waals surface area contributed by atoms with Gasteiger partial charge in [-0.15, -0.1) is 11.5 Å². The van der Waals surface area contributed by atoms with Crippen LogP contribution in [0.5, 0.6) is 0 Å². The van der Waals surface area contributed by atoms with Crippen molar-refractivity contribution in [3.63, 3.8) is 0 Å². The van der Waals surface area contributed by atoms with Crippen molar-refractivity contribution in [3.05, 3.63) is 23.7 Å². The van der Waals surface area contributed by atoms with Gasteiger partial charge in [-0.1, -0.05) is 13.8 Å². The number of carbonyl (C=O) groups is 2. The molecule has 0 saturated heterocycles. The first-order valence-electron chi connectivity index (χ1n) is 4.87. The maximum absolute atomic E-state index is 9.98. The van der Waals surface area contributed by atoms with E-state index in [1.807, 2.05) is 0 Å². The Bertz CT molecular complexity index is 235.